The molecule has 0 spiro atoms. The fourth-order valence-electron chi connectivity index (χ4n) is 8.33. The SMILES string of the molecule is O=S(=O)(NC12CC3CC(C1)C(C(O)CC1c4ccccc4-c4cncn41)C(C3)C2)c1ccc(F)cc1. The molecule has 3 aromatic rings. The van der Waals surface area contributed by atoms with E-state index in [9.17, 15) is 17.9 Å². The van der Waals surface area contributed by atoms with E-state index in [1.807, 2.05) is 18.6 Å². The maximum Gasteiger partial charge on any atom is 0.241 e. The Hall–Kier alpha value is -2.55. The van der Waals surface area contributed by atoms with Crippen molar-refractivity contribution in [2.45, 2.75) is 61.1 Å². The number of hydrogen-bond acceptors (Lipinski definition) is 4. The predicted molar refractivity (Wildman–Crippen MR) is 133 cm³/mol. The van der Waals surface area contributed by atoms with E-state index >= 15 is 0 Å². The first-order valence-electron chi connectivity index (χ1n) is 12.9. The number of aliphatic hydroxyl groups excluding tert-OH is 1. The van der Waals surface area contributed by atoms with E-state index in [1.165, 1.54) is 35.4 Å². The summed E-state index contributed by atoms with van der Waals surface area (Å²) in [5, 5.41) is 11.6. The summed E-state index contributed by atoms with van der Waals surface area (Å²) in [5.41, 5.74) is 3.05. The van der Waals surface area contributed by atoms with Gasteiger partial charge in [0, 0.05) is 11.1 Å². The minimum atomic E-state index is -3.75. The normalized spacial score (nSPS) is 32.9. The number of nitrogens with zero attached hydrogens (tertiary/aromatic N) is 2. The number of halogens is 1. The molecule has 2 heterocycles. The van der Waals surface area contributed by atoms with Crippen LogP contribution in [0.3, 0.4) is 0 Å². The van der Waals surface area contributed by atoms with Crippen LogP contribution in [0.4, 0.5) is 4.39 Å². The van der Waals surface area contributed by atoms with Gasteiger partial charge in [-0.3, -0.25) is 0 Å². The van der Waals surface area contributed by atoms with Gasteiger partial charge in [-0.05, 0) is 92.0 Å². The van der Waals surface area contributed by atoms with Gasteiger partial charge in [-0.1, -0.05) is 24.3 Å². The molecular weight excluding hydrogens is 477 g/mol. The van der Waals surface area contributed by atoms with Crippen LogP contribution in [-0.2, 0) is 10.0 Å². The molecule has 0 amide bonds. The highest BCUT2D eigenvalue weighted by Gasteiger charge is 2.58. The van der Waals surface area contributed by atoms with Gasteiger partial charge in [0.2, 0.25) is 10.0 Å². The van der Waals surface area contributed by atoms with Crippen LogP contribution in [-0.4, -0.2) is 34.7 Å². The fourth-order valence-corrected chi connectivity index (χ4v) is 9.77. The number of sulfonamides is 1. The van der Waals surface area contributed by atoms with E-state index in [0.717, 1.165) is 37.8 Å². The van der Waals surface area contributed by atoms with Crippen LogP contribution < -0.4 is 4.72 Å². The lowest BCUT2D eigenvalue weighted by Gasteiger charge is -2.61. The van der Waals surface area contributed by atoms with E-state index in [0.29, 0.717) is 24.2 Å². The molecule has 2 aromatic carbocycles. The molecule has 4 saturated carbocycles. The number of aliphatic hydroxyl groups is 1. The molecular formula is C28H30FN3O3S. The standard InChI is InChI=1S/C28H30FN3O3S/c29-20-5-7-21(8-6-20)36(34,35)31-28-12-17-9-18(13-28)27(19(10-17)14-28)26(33)11-24-22-3-1-2-4-23(22)25-15-30-16-32(24)25/h1-8,15-19,24,26-27,31,33H,9-14H2. The Morgan fingerprint density at radius 3 is 2.56 bits per heavy atom. The molecule has 0 radical (unpaired) electrons. The van der Waals surface area contributed by atoms with Gasteiger partial charge >= 0.3 is 0 Å². The van der Waals surface area contributed by atoms with Crippen LogP contribution in [0.15, 0.2) is 66.0 Å². The first kappa shape index (κ1) is 22.6. The van der Waals surface area contributed by atoms with Gasteiger partial charge < -0.3 is 9.67 Å². The second kappa shape index (κ2) is 7.97. The Balaban J connectivity index is 1.12. The van der Waals surface area contributed by atoms with Crippen LogP contribution in [0.1, 0.15) is 50.1 Å². The van der Waals surface area contributed by atoms with Gasteiger partial charge in [-0.2, -0.15) is 0 Å². The Labute approximate surface area is 210 Å². The zero-order valence-corrected chi connectivity index (χ0v) is 20.7. The minimum absolute atomic E-state index is 0.0665. The summed E-state index contributed by atoms with van der Waals surface area (Å²) in [7, 11) is -3.75. The van der Waals surface area contributed by atoms with Gasteiger partial charge in [0.15, 0.2) is 0 Å². The van der Waals surface area contributed by atoms with Crippen molar-refractivity contribution in [3.63, 3.8) is 0 Å². The summed E-state index contributed by atoms with van der Waals surface area (Å²) >= 11 is 0. The molecule has 2 N–H and O–H groups in total. The molecule has 36 heavy (non-hydrogen) atoms. The highest BCUT2D eigenvalue weighted by atomic mass is 32.2. The third-order valence-corrected chi connectivity index (χ3v) is 10.9. The second-order valence-corrected chi connectivity index (χ2v) is 13.2. The molecule has 1 aliphatic heterocycles. The summed E-state index contributed by atoms with van der Waals surface area (Å²) < 4.78 is 45.0. The van der Waals surface area contributed by atoms with E-state index in [4.69, 9.17) is 0 Å². The third kappa shape index (κ3) is 3.49. The van der Waals surface area contributed by atoms with E-state index < -0.39 is 27.5 Å². The van der Waals surface area contributed by atoms with Crippen LogP contribution in [0.25, 0.3) is 11.3 Å². The zero-order valence-electron chi connectivity index (χ0n) is 19.9. The van der Waals surface area contributed by atoms with Gasteiger partial charge in [-0.25, -0.2) is 22.5 Å². The summed E-state index contributed by atoms with van der Waals surface area (Å²) in [6.07, 6.45) is 8.38. The Bertz CT molecular complexity index is 1400. The van der Waals surface area contributed by atoms with Crippen molar-refractivity contribution in [2.24, 2.45) is 23.7 Å². The first-order chi connectivity index (χ1) is 17.3. The molecule has 5 aliphatic rings. The van der Waals surface area contributed by atoms with Crippen LogP contribution in [0.2, 0.25) is 0 Å². The van der Waals surface area contributed by atoms with Crippen LogP contribution in [0, 0.1) is 29.5 Å². The highest BCUT2D eigenvalue weighted by molar-refractivity contribution is 7.89. The number of fused-ring (bicyclic) bond motifs is 3. The molecule has 4 aliphatic carbocycles. The zero-order chi connectivity index (χ0) is 24.7. The number of benzene rings is 2. The maximum atomic E-state index is 13.4. The molecule has 4 bridgehead atoms. The van der Waals surface area contributed by atoms with Crippen molar-refractivity contribution in [1.29, 1.82) is 0 Å². The number of nitrogens with one attached hydrogen (secondary N) is 1. The summed E-state index contributed by atoms with van der Waals surface area (Å²) in [4.78, 5) is 4.46. The lowest BCUT2D eigenvalue weighted by molar-refractivity contribution is -0.106. The molecule has 8 heteroatoms. The smallest absolute Gasteiger partial charge is 0.241 e. The molecule has 4 fully saturated rings. The van der Waals surface area contributed by atoms with Crippen molar-refractivity contribution in [2.75, 3.05) is 0 Å². The van der Waals surface area contributed by atoms with E-state index in [1.54, 1.807) is 0 Å². The quantitative estimate of drug-likeness (QED) is 0.514. The molecule has 4 unspecified atom stereocenters. The topological polar surface area (TPSA) is 84.2 Å². The molecule has 188 valence electrons. The Kier molecular flexibility index (Phi) is 5.01. The minimum Gasteiger partial charge on any atom is -0.393 e. The lowest BCUT2D eigenvalue weighted by Crippen LogP contribution is -2.63. The number of aromatic nitrogens is 2. The summed E-state index contributed by atoms with van der Waals surface area (Å²) in [5.74, 6) is 0.787. The van der Waals surface area contributed by atoms with Gasteiger partial charge in [0.1, 0.15) is 5.82 Å². The molecule has 1 aromatic heterocycles. The van der Waals surface area contributed by atoms with Gasteiger partial charge in [-0.15, -0.1) is 0 Å². The van der Waals surface area contributed by atoms with Gasteiger partial charge in [0.05, 0.1) is 35.3 Å². The second-order valence-electron chi connectivity index (χ2n) is 11.5. The van der Waals surface area contributed by atoms with Crippen molar-refractivity contribution in [3.05, 3.63) is 72.4 Å². The summed E-state index contributed by atoms with van der Waals surface area (Å²) in [6, 6.07) is 13.5. The van der Waals surface area contributed by atoms with E-state index in [2.05, 4.69) is 32.5 Å². The Morgan fingerprint density at radius 2 is 1.81 bits per heavy atom. The third-order valence-electron chi connectivity index (χ3n) is 9.33. The van der Waals surface area contributed by atoms with E-state index in [-0.39, 0.29) is 16.9 Å². The average Bonchev–Trinajstić information content (AvgIpc) is 3.41. The largest absolute Gasteiger partial charge is 0.393 e. The fraction of sp³-hybridized carbons (Fsp3) is 0.464. The highest BCUT2D eigenvalue weighted by Crippen LogP contribution is 2.60. The van der Waals surface area contributed by atoms with Crippen LogP contribution in [0.5, 0.6) is 0 Å². The predicted octanol–water partition coefficient (Wildman–Crippen LogP) is 4.52. The number of hydrogen-bond donors (Lipinski definition) is 2. The lowest BCUT2D eigenvalue weighted by atomic mass is 9.48. The summed E-state index contributed by atoms with van der Waals surface area (Å²) in [6.45, 7) is 0. The van der Waals surface area contributed by atoms with Crippen molar-refractivity contribution >= 4 is 10.0 Å². The first-order valence-corrected chi connectivity index (χ1v) is 14.4. The van der Waals surface area contributed by atoms with Gasteiger partial charge in [0.25, 0.3) is 0 Å². The number of imidazole rings is 1. The molecule has 4 atom stereocenters. The average molecular weight is 508 g/mol. The van der Waals surface area contributed by atoms with Crippen LogP contribution >= 0.6 is 0 Å². The van der Waals surface area contributed by atoms with Crippen molar-refractivity contribution < 1.29 is 17.9 Å². The number of rotatable bonds is 6. The van der Waals surface area contributed by atoms with Crippen molar-refractivity contribution in [1.82, 2.24) is 14.3 Å². The monoisotopic (exact) mass is 507 g/mol. The van der Waals surface area contributed by atoms with Crippen molar-refractivity contribution in [3.8, 4) is 11.3 Å². The molecule has 0 saturated heterocycles. The Morgan fingerprint density at radius 1 is 1.08 bits per heavy atom. The maximum absolute atomic E-state index is 13.4. The molecule has 6 nitrogen and oxygen atoms in total. The molecule has 8 rings (SSSR count).